The molecular weight excluding hydrogens is 210 g/mol. The molecule has 1 aromatic rings. The molecule has 0 aliphatic carbocycles. The summed E-state index contributed by atoms with van der Waals surface area (Å²) in [5.74, 6) is 0. The third kappa shape index (κ3) is 3.93. The third-order valence-electron chi connectivity index (χ3n) is 3.45. The van der Waals surface area contributed by atoms with Crippen LogP contribution >= 0.6 is 0 Å². The number of benzene rings is 1. The highest BCUT2D eigenvalue weighted by Crippen LogP contribution is 2.21. The molecule has 3 heteroatoms. The van der Waals surface area contributed by atoms with E-state index in [2.05, 4.69) is 31.1 Å². The van der Waals surface area contributed by atoms with Gasteiger partial charge in [-0.25, -0.2) is 0 Å². The second-order valence-electron chi connectivity index (χ2n) is 4.70. The molecule has 0 amide bonds. The highest BCUT2D eigenvalue weighted by Gasteiger charge is 2.06. The zero-order valence-electron chi connectivity index (χ0n) is 11.5. The van der Waals surface area contributed by atoms with Gasteiger partial charge in [0.15, 0.2) is 0 Å². The maximum atomic E-state index is 6.01. The molecule has 0 spiro atoms. The number of hydrogen-bond acceptors (Lipinski definition) is 3. The average Bonchev–Trinajstić information content (AvgIpc) is 2.33. The number of nitrogens with zero attached hydrogens (tertiary/aromatic N) is 1. The number of nitrogens with two attached hydrogens (primary N) is 1. The van der Waals surface area contributed by atoms with Gasteiger partial charge in [-0.2, -0.15) is 0 Å². The van der Waals surface area contributed by atoms with Crippen molar-refractivity contribution in [3.05, 3.63) is 23.8 Å². The molecule has 1 rings (SSSR count). The highest BCUT2D eigenvalue weighted by atomic mass is 15.1. The van der Waals surface area contributed by atoms with Crippen LogP contribution in [0.25, 0.3) is 0 Å². The van der Waals surface area contributed by atoms with E-state index in [0.29, 0.717) is 6.04 Å². The Morgan fingerprint density at radius 1 is 1.41 bits per heavy atom. The van der Waals surface area contributed by atoms with Crippen molar-refractivity contribution >= 4 is 11.4 Å². The molecule has 0 aliphatic heterocycles. The van der Waals surface area contributed by atoms with Crippen molar-refractivity contribution in [1.82, 2.24) is 4.90 Å². The fourth-order valence-electron chi connectivity index (χ4n) is 1.73. The predicted octanol–water partition coefficient (Wildman–Crippen LogP) is 2.72. The largest absolute Gasteiger partial charge is 0.397 e. The van der Waals surface area contributed by atoms with E-state index in [1.54, 1.807) is 0 Å². The van der Waals surface area contributed by atoms with Crippen LogP contribution in [-0.2, 0) is 0 Å². The second kappa shape index (κ2) is 6.50. The Kier molecular flexibility index (Phi) is 5.29. The average molecular weight is 235 g/mol. The molecule has 0 saturated heterocycles. The predicted molar refractivity (Wildman–Crippen MR) is 76.5 cm³/mol. The van der Waals surface area contributed by atoms with Gasteiger partial charge in [-0.15, -0.1) is 0 Å². The molecular formula is C14H25N3. The van der Waals surface area contributed by atoms with Crippen molar-refractivity contribution in [2.45, 2.75) is 33.2 Å². The molecule has 3 N–H and O–H groups in total. The van der Waals surface area contributed by atoms with Gasteiger partial charge in [0.2, 0.25) is 0 Å². The zero-order chi connectivity index (χ0) is 12.8. The van der Waals surface area contributed by atoms with Gasteiger partial charge in [-0.05, 0) is 38.9 Å². The molecule has 96 valence electrons. The summed E-state index contributed by atoms with van der Waals surface area (Å²) in [4.78, 5) is 2.36. The van der Waals surface area contributed by atoms with Gasteiger partial charge in [-0.1, -0.05) is 19.1 Å². The summed E-state index contributed by atoms with van der Waals surface area (Å²) < 4.78 is 0. The summed E-state index contributed by atoms with van der Waals surface area (Å²) in [5.41, 5.74) is 9.04. The highest BCUT2D eigenvalue weighted by molar-refractivity contribution is 5.69. The minimum atomic E-state index is 0.631. The molecule has 0 fully saturated rings. The number of aryl methyl sites for hydroxylation is 1. The first-order chi connectivity index (χ1) is 8.06. The van der Waals surface area contributed by atoms with Crippen LogP contribution in [0.3, 0.4) is 0 Å². The summed E-state index contributed by atoms with van der Waals surface area (Å²) in [6.07, 6.45) is 1.18. The van der Waals surface area contributed by atoms with Crippen LogP contribution in [0.4, 0.5) is 11.4 Å². The number of likely N-dealkylation sites (N-methyl/N-ethyl adjacent to an activating group) is 1. The van der Waals surface area contributed by atoms with Crippen LogP contribution in [0.2, 0.25) is 0 Å². The molecule has 0 aliphatic rings. The van der Waals surface area contributed by atoms with Crippen LogP contribution in [0.15, 0.2) is 18.2 Å². The maximum Gasteiger partial charge on any atom is 0.0579 e. The SMILES string of the molecule is CCC(C)N(C)CCNc1cccc(C)c1N. The second-order valence-corrected chi connectivity index (χ2v) is 4.70. The van der Waals surface area contributed by atoms with Crippen molar-refractivity contribution in [2.24, 2.45) is 0 Å². The first-order valence-corrected chi connectivity index (χ1v) is 6.35. The molecule has 0 radical (unpaired) electrons. The number of nitrogens with one attached hydrogen (secondary N) is 1. The number of rotatable bonds is 6. The topological polar surface area (TPSA) is 41.3 Å². The van der Waals surface area contributed by atoms with E-state index in [1.165, 1.54) is 6.42 Å². The van der Waals surface area contributed by atoms with Gasteiger partial charge in [0.1, 0.15) is 0 Å². The Hall–Kier alpha value is -1.22. The quantitative estimate of drug-likeness (QED) is 0.745. The van der Waals surface area contributed by atoms with Gasteiger partial charge >= 0.3 is 0 Å². The zero-order valence-corrected chi connectivity index (χ0v) is 11.5. The van der Waals surface area contributed by atoms with Gasteiger partial charge in [-0.3, -0.25) is 0 Å². The van der Waals surface area contributed by atoms with E-state index in [-0.39, 0.29) is 0 Å². The van der Waals surface area contributed by atoms with Crippen molar-refractivity contribution < 1.29 is 0 Å². The lowest BCUT2D eigenvalue weighted by molar-refractivity contribution is 0.261. The van der Waals surface area contributed by atoms with Crippen LogP contribution in [-0.4, -0.2) is 31.1 Å². The van der Waals surface area contributed by atoms with E-state index in [1.807, 2.05) is 25.1 Å². The normalized spacial score (nSPS) is 12.8. The first kappa shape index (κ1) is 13.8. The minimum absolute atomic E-state index is 0.631. The summed E-state index contributed by atoms with van der Waals surface area (Å²) in [5, 5.41) is 3.40. The van der Waals surface area contributed by atoms with Gasteiger partial charge in [0.25, 0.3) is 0 Å². The van der Waals surface area contributed by atoms with Gasteiger partial charge < -0.3 is 16.0 Å². The lowest BCUT2D eigenvalue weighted by Crippen LogP contribution is -2.32. The molecule has 1 atom stereocenters. The summed E-state index contributed by atoms with van der Waals surface area (Å²) in [6, 6.07) is 6.73. The lowest BCUT2D eigenvalue weighted by Gasteiger charge is -2.24. The number of anilines is 2. The van der Waals surface area contributed by atoms with Crippen molar-refractivity contribution in [3.63, 3.8) is 0 Å². The Morgan fingerprint density at radius 3 is 2.76 bits per heavy atom. The number of para-hydroxylation sites is 1. The molecule has 0 heterocycles. The van der Waals surface area contributed by atoms with Crippen molar-refractivity contribution in [3.8, 4) is 0 Å². The third-order valence-corrected chi connectivity index (χ3v) is 3.45. The smallest absolute Gasteiger partial charge is 0.0579 e. The number of nitrogen functional groups attached to an aromatic ring is 1. The van der Waals surface area contributed by atoms with E-state index in [4.69, 9.17) is 5.73 Å². The van der Waals surface area contributed by atoms with Crippen molar-refractivity contribution in [1.29, 1.82) is 0 Å². The molecule has 3 nitrogen and oxygen atoms in total. The van der Waals surface area contributed by atoms with Crippen LogP contribution < -0.4 is 11.1 Å². The van der Waals surface area contributed by atoms with E-state index < -0.39 is 0 Å². The monoisotopic (exact) mass is 235 g/mol. The summed E-state index contributed by atoms with van der Waals surface area (Å²) >= 11 is 0. The Morgan fingerprint density at radius 2 is 2.12 bits per heavy atom. The standard InChI is InChI=1S/C14H25N3/c1-5-12(3)17(4)10-9-16-13-8-6-7-11(2)14(13)15/h6-8,12,16H,5,9-10,15H2,1-4H3. The molecule has 0 saturated carbocycles. The number of hydrogen-bond donors (Lipinski definition) is 2. The minimum Gasteiger partial charge on any atom is -0.397 e. The van der Waals surface area contributed by atoms with E-state index >= 15 is 0 Å². The van der Waals surface area contributed by atoms with Crippen molar-refractivity contribution in [2.75, 3.05) is 31.2 Å². The van der Waals surface area contributed by atoms with Gasteiger partial charge in [0, 0.05) is 19.1 Å². The van der Waals surface area contributed by atoms with Crippen LogP contribution in [0.1, 0.15) is 25.8 Å². The lowest BCUT2D eigenvalue weighted by atomic mass is 10.1. The summed E-state index contributed by atoms with van der Waals surface area (Å²) in [6.45, 7) is 8.46. The fraction of sp³-hybridized carbons (Fsp3) is 0.571. The molecule has 0 bridgehead atoms. The Bertz CT molecular complexity index is 349. The molecule has 1 aromatic carbocycles. The maximum absolute atomic E-state index is 6.01. The van der Waals surface area contributed by atoms with Crippen LogP contribution in [0.5, 0.6) is 0 Å². The van der Waals surface area contributed by atoms with Gasteiger partial charge in [0.05, 0.1) is 11.4 Å². The molecule has 17 heavy (non-hydrogen) atoms. The fourth-order valence-corrected chi connectivity index (χ4v) is 1.73. The Labute approximate surface area is 105 Å². The van der Waals surface area contributed by atoms with Crippen LogP contribution in [0, 0.1) is 6.92 Å². The summed E-state index contributed by atoms with van der Waals surface area (Å²) in [7, 11) is 2.16. The Balaban J connectivity index is 2.43. The molecule has 1 unspecified atom stereocenters. The first-order valence-electron chi connectivity index (χ1n) is 6.35. The molecule has 0 aromatic heterocycles. The van der Waals surface area contributed by atoms with E-state index in [9.17, 15) is 0 Å². The van der Waals surface area contributed by atoms with E-state index in [0.717, 1.165) is 30.0 Å².